The van der Waals surface area contributed by atoms with E-state index in [4.69, 9.17) is 0 Å². The van der Waals surface area contributed by atoms with E-state index >= 15 is 0 Å². The molecule has 0 bridgehead atoms. The lowest BCUT2D eigenvalue weighted by Crippen LogP contribution is -2.42. The van der Waals surface area contributed by atoms with Crippen molar-refractivity contribution in [2.45, 2.75) is 31.4 Å². The van der Waals surface area contributed by atoms with Crippen LogP contribution >= 0.6 is 0 Å². The lowest BCUT2D eigenvalue weighted by atomic mass is 9.76. The molecule has 1 saturated carbocycles. The molecule has 0 radical (unpaired) electrons. The molecule has 2 N–H and O–H groups in total. The van der Waals surface area contributed by atoms with Gasteiger partial charge in [0, 0.05) is 24.8 Å². The first-order valence-corrected chi connectivity index (χ1v) is 7.35. The summed E-state index contributed by atoms with van der Waals surface area (Å²) >= 11 is 0. The minimum atomic E-state index is -0.270. The second kappa shape index (κ2) is 6.62. The van der Waals surface area contributed by atoms with Crippen LogP contribution in [0.2, 0.25) is 0 Å². The molecule has 1 aliphatic rings. The molecule has 1 atom stereocenters. The number of pyridine rings is 1. The highest BCUT2D eigenvalue weighted by Gasteiger charge is 2.36. The van der Waals surface area contributed by atoms with E-state index < -0.39 is 0 Å². The van der Waals surface area contributed by atoms with Crippen molar-refractivity contribution in [2.75, 3.05) is 0 Å². The van der Waals surface area contributed by atoms with Crippen LogP contribution in [0.3, 0.4) is 0 Å². The largest absolute Gasteiger partial charge is 0.393 e. The predicted octanol–water partition coefficient (Wildman–Crippen LogP) is 1.04. The second-order valence-electron chi connectivity index (χ2n) is 5.56. The number of aromatic nitrogens is 3. The zero-order valence-electron chi connectivity index (χ0n) is 12.1. The average Bonchev–Trinajstić information content (AvgIpc) is 2.52. The average molecular weight is 298 g/mol. The van der Waals surface area contributed by atoms with Crippen LogP contribution in [-0.4, -0.2) is 32.1 Å². The van der Waals surface area contributed by atoms with Gasteiger partial charge in [0.2, 0.25) is 5.91 Å². The fraction of sp³-hybridized carbons (Fsp3) is 0.375. The van der Waals surface area contributed by atoms with Crippen LogP contribution in [-0.2, 0) is 11.2 Å². The Balaban J connectivity index is 1.69. The van der Waals surface area contributed by atoms with Gasteiger partial charge in [-0.1, -0.05) is 6.07 Å². The number of carbonyl (C=O) groups is 1. The van der Waals surface area contributed by atoms with Crippen molar-refractivity contribution in [2.24, 2.45) is 5.92 Å². The van der Waals surface area contributed by atoms with Crippen molar-refractivity contribution in [1.82, 2.24) is 20.3 Å². The number of amides is 1. The topological polar surface area (TPSA) is 88.0 Å². The number of aliphatic hydroxyl groups is 1. The van der Waals surface area contributed by atoms with E-state index in [2.05, 4.69) is 20.3 Å². The maximum absolute atomic E-state index is 12.3. The van der Waals surface area contributed by atoms with Gasteiger partial charge >= 0.3 is 0 Å². The third kappa shape index (κ3) is 3.46. The minimum Gasteiger partial charge on any atom is -0.393 e. The third-order valence-corrected chi connectivity index (χ3v) is 3.90. The van der Waals surface area contributed by atoms with Crippen molar-refractivity contribution in [3.8, 4) is 0 Å². The zero-order valence-corrected chi connectivity index (χ0v) is 12.1. The van der Waals surface area contributed by atoms with E-state index in [9.17, 15) is 9.90 Å². The monoisotopic (exact) mass is 298 g/mol. The van der Waals surface area contributed by atoms with Crippen LogP contribution in [0.15, 0.2) is 43.0 Å². The molecule has 1 amide bonds. The number of rotatable bonds is 5. The number of nitrogens with one attached hydrogen (secondary N) is 1. The highest BCUT2D eigenvalue weighted by atomic mass is 16.3. The molecule has 3 rings (SSSR count). The summed E-state index contributed by atoms with van der Waals surface area (Å²) < 4.78 is 0. The summed E-state index contributed by atoms with van der Waals surface area (Å²) in [4.78, 5) is 24.7. The van der Waals surface area contributed by atoms with Crippen LogP contribution in [0, 0.1) is 5.92 Å². The lowest BCUT2D eigenvalue weighted by molar-refractivity contribution is -0.122. The Hall–Kier alpha value is -2.34. The van der Waals surface area contributed by atoms with Gasteiger partial charge in [-0.3, -0.25) is 19.7 Å². The Morgan fingerprint density at radius 2 is 2.14 bits per heavy atom. The van der Waals surface area contributed by atoms with Gasteiger partial charge in [0.25, 0.3) is 0 Å². The third-order valence-electron chi connectivity index (χ3n) is 3.90. The lowest BCUT2D eigenvalue weighted by Gasteiger charge is -2.37. The summed E-state index contributed by atoms with van der Waals surface area (Å²) in [6, 6.07) is 5.48. The molecule has 6 heteroatoms. The van der Waals surface area contributed by atoms with Gasteiger partial charge in [0.05, 0.1) is 30.0 Å². The first-order chi connectivity index (χ1) is 10.7. The molecule has 1 fully saturated rings. The molecule has 0 aliphatic heterocycles. The maximum atomic E-state index is 12.3. The van der Waals surface area contributed by atoms with Crippen LogP contribution in [0.4, 0.5) is 0 Å². The highest BCUT2D eigenvalue weighted by molar-refractivity contribution is 5.78. The number of hydrogen-bond donors (Lipinski definition) is 2. The van der Waals surface area contributed by atoms with Crippen molar-refractivity contribution >= 4 is 5.91 Å². The summed E-state index contributed by atoms with van der Waals surface area (Å²) in [5.41, 5.74) is 1.46. The number of aliphatic hydroxyl groups excluding tert-OH is 1. The number of hydrogen-bond acceptors (Lipinski definition) is 5. The molecule has 2 aromatic heterocycles. The van der Waals surface area contributed by atoms with Crippen molar-refractivity contribution in [3.05, 3.63) is 54.4 Å². The summed E-state index contributed by atoms with van der Waals surface area (Å²) in [5, 5.41) is 12.6. The number of carbonyl (C=O) groups excluding carboxylic acids is 1. The van der Waals surface area contributed by atoms with E-state index in [1.165, 1.54) is 0 Å². The Bertz CT molecular complexity index is 615. The highest BCUT2D eigenvalue weighted by Crippen LogP contribution is 2.37. The molecule has 6 nitrogen and oxygen atoms in total. The van der Waals surface area contributed by atoms with Gasteiger partial charge < -0.3 is 10.4 Å². The fourth-order valence-electron chi connectivity index (χ4n) is 2.71. The Morgan fingerprint density at radius 1 is 1.27 bits per heavy atom. The smallest absolute Gasteiger partial charge is 0.226 e. The molecular weight excluding hydrogens is 280 g/mol. The SMILES string of the molecule is O=C(Cc1cnccn1)N[C@H](c1ccccn1)C1CC(O)C1. The predicted molar refractivity (Wildman–Crippen MR) is 79.6 cm³/mol. The van der Waals surface area contributed by atoms with Crippen LogP contribution < -0.4 is 5.32 Å². The minimum absolute atomic E-state index is 0.113. The summed E-state index contributed by atoms with van der Waals surface area (Å²) in [6.07, 6.45) is 7.74. The van der Waals surface area contributed by atoms with E-state index in [0.717, 1.165) is 5.69 Å². The maximum Gasteiger partial charge on any atom is 0.226 e. The van der Waals surface area contributed by atoms with Crippen molar-refractivity contribution in [1.29, 1.82) is 0 Å². The standard InChI is InChI=1S/C16H18N4O2/c21-13-7-11(8-13)16(14-3-1-2-4-19-14)20-15(22)9-12-10-17-5-6-18-12/h1-6,10-11,13,16,21H,7-9H2,(H,20,22)/t11?,13?,16-/m0/s1. The van der Waals surface area contributed by atoms with Gasteiger partial charge in [0.1, 0.15) is 0 Å². The summed E-state index contributed by atoms with van der Waals surface area (Å²) in [6.45, 7) is 0. The first kappa shape index (κ1) is 14.6. The Morgan fingerprint density at radius 3 is 2.77 bits per heavy atom. The summed E-state index contributed by atoms with van der Waals surface area (Å²) in [7, 11) is 0. The van der Waals surface area contributed by atoms with Gasteiger partial charge in [0.15, 0.2) is 0 Å². The summed E-state index contributed by atoms with van der Waals surface area (Å²) in [5.74, 6) is 0.105. The first-order valence-electron chi connectivity index (χ1n) is 7.35. The molecule has 22 heavy (non-hydrogen) atoms. The molecule has 1 aliphatic carbocycles. The second-order valence-corrected chi connectivity index (χ2v) is 5.56. The van der Waals surface area contributed by atoms with Crippen molar-refractivity contribution < 1.29 is 9.90 Å². The quantitative estimate of drug-likeness (QED) is 0.861. The van der Waals surface area contributed by atoms with E-state index in [1.54, 1.807) is 24.8 Å². The van der Waals surface area contributed by atoms with Crippen molar-refractivity contribution in [3.63, 3.8) is 0 Å². The van der Waals surface area contributed by atoms with Crippen LogP contribution in [0.5, 0.6) is 0 Å². The molecular formula is C16H18N4O2. The van der Waals surface area contributed by atoms with Gasteiger partial charge in [-0.25, -0.2) is 0 Å². The molecule has 0 spiro atoms. The van der Waals surface area contributed by atoms with E-state index in [-0.39, 0.29) is 30.4 Å². The zero-order chi connectivity index (χ0) is 15.4. The Labute approximate surface area is 128 Å². The molecule has 2 aromatic rings. The van der Waals surface area contributed by atoms with E-state index in [0.29, 0.717) is 18.5 Å². The van der Waals surface area contributed by atoms with Crippen LogP contribution in [0.1, 0.15) is 30.3 Å². The molecule has 0 aromatic carbocycles. The fourth-order valence-corrected chi connectivity index (χ4v) is 2.71. The molecule has 0 saturated heterocycles. The molecule has 2 heterocycles. The number of nitrogens with zero attached hydrogens (tertiary/aromatic N) is 3. The van der Waals surface area contributed by atoms with E-state index in [1.807, 2.05) is 18.2 Å². The Kier molecular flexibility index (Phi) is 4.39. The van der Waals surface area contributed by atoms with Gasteiger partial charge in [-0.2, -0.15) is 0 Å². The van der Waals surface area contributed by atoms with Gasteiger partial charge in [-0.05, 0) is 30.9 Å². The van der Waals surface area contributed by atoms with Crippen LogP contribution in [0.25, 0.3) is 0 Å². The molecule has 0 unspecified atom stereocenters. The van der Waals surface area contributed by atoms with Gasteiger partial charge in [-0.15, -0.1) is 0 Å². The normalized spacial score (nSPS) is 21.7. The molecule has 114 valence electrons.